The Morgan fingerprint density at radius 2 is 1.89 bits per heavy atom. The van der Waals surface area contributed by atoms with Gasteiger partial charge in [-0.1, -0.05) is 46.5 Å². The highest BCUT2D eigenvalue weighted by Gasteiger charge is 2.39. The van der Waals surface area contributed by atoms with E-state index in [4.69, 9.17) is 9.72 Å². The maximum Gasteiger partial charge on any atom is 0.343 e. The molecule has 0 amide bonds. The number of hydrogen-bond acceptors (Lipinski definition) is 7. The van der Waals surface area contributed by atoms with Crippen LogP contribution in [0.4, 0.5) is 11.4 Å². The summed E-state index contributed by atoms with van der Waals surface area (Å²) in [6.07, 6.45) is 10.9. The molecule has 4 atom stereocenters. The lowest BCUT2D eigenvalue weighted by Gasteiger charge is -2.40. The number of rotatable bonds is 13. The molecule has 3 heterocycles. The molecule has 2 aliphatic rings. The monoisotopic (exact) mass is 666 g/mol. The first kappa shape index (κ1) is 34.4. The average Bonchev–Trinajstić information content (AvgIpc) is 3.61. The van der Waals surface area contributed by atoms with Crippen LogP contribution in [0.2, 0.25) is 0 Å². The van der Waals surface area contributed by atoms with Crippen molar-refractivity contribution in [3.63, 3.8) is 0 Å². The standard InChI is InChI=1S/C34H46N6O6S/c1-4-6-9-22-15-21(3)16-23(10-7-5-2)30(22)46-34(43)29-26(18-35)20-40-32(29)36-31(37-40)24-12-13-28(27(17-24)38-47(44)45)39-14-8-11-25(19-39)33(41)42/h12-13,17,20-23,25,30,38H,4-11,14-16,19H2,1-3H3,(H,36,37)(H,41,42)(H,44,45). The minimum Gasteiger partial charge on any atom is -0.481 e. The van der Waals surface area contributed by atoms with Gasteiger partial charge in [0.25, 0.3) is 11.3 Å². The summed E-state index contributed by atoms with van der Waals surface area (Å²) >= 11 is -2.38. The predicted octanol–water partition coefficient (Wildman–Crippen LogP) is 6.62. The Morgan fingerprint density at radius 3 is 2.51 bits per heavy atom. The Balaban J connectivity index is 1.46. The average molecular weight is 667 g/mol. The van der Waals surface area contributed by atoms with Crippen molar-refractivity contribution in [1.29, 1.82) is 5.26 Å². The number of nitrogens with one attached hydrogen (secondary N) is 2. The van der Waals surface area contributed by atoms with Crippen molar-refractivity contribution in [3.8, 4) is 17.5 Å². The smallest absolute Gasteiger partial charge is 0.343 e. The lowest BCUT2D eigenvalue weighted by Crippen LogP contribution is -2.40. The number of carboxylic acids is 1. The van der Waals surface area contributed by atoms with Gasteiger partial charge in [0, 0.05) is 24.8 Å². The number of anilines is 2. The summed E-state index contributed by atoms with van der Waals surface area (Å²) < 4.78 is 32.0. The third-order valence-corrected chi connectivity index (χ3v) is 10.2. The second-order valence-electron chi connectivity index (χ2n) is 13.3. The summed E-state index contributed by atoms with van der Waals surface area (Å²) in [5.74, 6) is -0.444. The molecule has 1 saturated heterocycles. The van der Waals surface area contributed by atoms with Crippen LogP contribution < -0.4 is 9.62 Å². The molecule has 2 fully saturated rings. The van der Waals surface area contributed by atoms with Crippen molar-refractivity contribution in [2.24, 2.45) is 23.7 Å². The maximum atomic E-state index is 13.9. The Morgan fingerprint density at radius 1 is 1.19 bits per heavy atom. The van der Waals surface area contributed by atoms with Gasteiger partial charge in [-0.15, -0.1) is 0 Å². The molecule has 47 heavy (non-hydrogen) atoms. The lowest BCUT2D eigenvalue weighted by atomic mass is 9.70. The highest BCUT2D eigenvalue weighted by molar-refractivity contribution is 7.80. The van der Waals surface area contributed by atoms with E-state index in [1.165, 1.54) is 10.7 Å². The van der Waals surface area contributed by atoms with Crippen LogP contribution in [0.15, 0.2) is 24.4 Å². The van der Waals surface area contributed by atoms with Crippen molar-refractivity contribution >= 4 is 40.2 Å². The van der Waals surface area contributed by atoms with E-state index < -0.39 is 29.1 Å². The number of nitrogens with zero attached hydrogens (tertiary/aromatic N) is 4. The van der Waals surface area contributed by atoms with Crippen molar-refractivity contribution in [2.75, 3.05) is 22.7 Å². The second-order valence-corrected chi connectivity index (χ2v) is 14.0. The summed E-state index contributed by atoms with van der Waals surface area (Å²) in [5.41, 5.74) is 2.08. The molecule has 0 bridgehead atoms. The van der Waals surface area contributed by atoms with Crippen molar-refractivity contribution in [2.45, 2.75) is 91.1 Å². The van der Waals surface area contributed by atoms with Crippen molar-refractivity contribution < 1.29 is 28.2 Å². The number of ether oxygens (including phenoxy) is 1. The number of fused-ring (bicyclic) bond motifs is 1. The number of esters is 1. The second kappa shape index (κ2) is 15.3. The van der Waals surface area contributed by atoms with Crippen molar-refractivity contribution in [3.05, 3.63) is 35.5 Å². The van der Waals surface area contributed by atoms with Gasteiger partial charge < -0.3 is 14.7 Å². The van der Waals surface area contributed by atoms with Crippen LogP contribution in [-0.2, 0) is 20.8 Å². The first-order chi connectivity index (χ1) is 22.6. The Labute approximate surface area is 278 Å². The number of piperidine rings is 1. The number of aromatic amines is 1. The topological polar surface area (TPSA) is 173 Å². The largest absolute Gasteiger partial charge is 0.481 e. The predicted molar refractivity (Wildman–Crippen MR) is 180 cm³/mol. The van der Waals surface area contributed by atoms with Gasteiger partial charge in [0.15, 0.2) is 11.5 Å². The fourth-order valence-electron chi connectivity index (χ4n) is 7.54. The molecule has 2 aromatic heterocycles. The molecule has 1 aromatic carbocycles. The molecule has 1 aliphatic carbocycles. The normalized spacial score (nSPS) is 23.7. The van der Waals surface area contributed by atoms with E-state index >= 15 is 0 Å². The molecule has 0 spiro atoms. The zero-order valence-electron chi connectivity index (χ0n) is 27.4. The van der Waals surface area contributed by atoms with Crippen LogP contribution >= 0.6 is 0 Å². The number of H-pyrrole nitrogens is 1. The minimum absolute atomic E-state index is 0.122. The van der Waals surface area contributed by atoms with Gasteiger partial charge in [-0.3, -0.25) is 19.2 Å². The Kier molecular flexibility index (Phi) is 11.2. The fourth-order valence-corrected chi connectivity index (χ4v) is 7.89. The van der Waals surface area contributed by atoms with E-state index in [1.54, 1.807) is 18.2 Å². The van der Waals surface area contributed by atoms with Gasteiger partial charge in [-0.25, -0.2) is 18.5 Å². The van der Waals surface area contributed by atoms with E-state index in [0.717, 1.165) is 51.4 Å². The fraction of sp³-hybridized carbons (Fsp3) is 0.588. The number of carboxylic acid groups (broad SMARTS) is 1. The van der Waals surface area contributed by atoms with E-state index in [0.29, 0.717) is 48.1 Å². The number of nitriles is 1. The van der Waals surface area contributed by atoms with Crippen LogP contribution in [0.25, 0.3) is 17.0 Å². The molecule has 12 nitrogen and oxygen atoms in total. The molecule has 1 aliphatic heterocycles. The lowest BCUT2D eigenvalue weighted by molar-refractivity contribution is -0.141. The molecule has 3 aromatic rings. The molecule has 13 heteroatoms. The number of unbranched alkanes of at least 4 members (excludes halogenated alkanes) is 2. The summed E-state index contributed by atoms with van der Waals surface area (Å²) in [5, 5.41) is 22.7. The van der Waals surface area contributed by atoms with Gasteiger partial charge in [0.05, 0.1) is 22.9 Å². The number of carbonyl (C=O) groups is 2. The number of aromatic nitrogens is 3. The van der Waals surface area contributed by atoms with E-state index in [9.17, 15) is 28.7 Å². The molecule has 4 N–H and O–H groups in total. The van der Waals surface area contributed by atoms with E-state index in [1.807, 2.05) is 4.90 Å². The molecular formula is C34H46N6O6S. The molecule has 5 rings (SSSR count). The van der Waals surface area contributed by atoms with Gasteiger partial charge in [-0.2, -0.15) is 5.26 Å². The quantitative estimate of drug-likeness (QED) is 0.116. The molecule has 4 unspecified atom stereocenters. The van der Waals surface area contributed by atoms with Gasteiger partial charge >= 0.3 is 11.9 Å². The maximum absolute atomic E-state index is 13.9. The van der Waals surface area contributed by atoms with Gasteiger partial charge in [-0.05, 0) is 74.5 Å². The third kappa shape index (κ3) is 7.81. The van der Waals surface area contributed by atoms with E-state index in [-0.39, 0.29) is 41.3 Å². The minimum atomic E-state index is -2.38. The van der Waals surface area contributed by atoms with Crippen molar-refractivity contribution in [1.82, 2.24) is 14.6 Å². The van der Waals surface area contributed by atoms with Crippen LogP contribution in [-0.4, -0.2) is 59.6 Å². The van der Waals surface area contributed by atoms with Crippen LogP contribution in [0, 0.1) is 35.0 Å². The summed E-state index contributed by atoms with van der Waals surface area (Å²) in [4.78, 5) is 32.2. The highest BCUT2D eigenvalue weighted by Crippen LogP contribution is 2.41. The number of hydrogen-bond donors (Lipinski definition) is 4. The SMILES string of the molecule is CCCCC1CC(C)CC(CCCC)C1OC(=O)c1c(C#N)cn2[nH]c(-c3ccc(N4CCCC(C(=O)O)C4)c(NS(=O)O)c3)nc12. The molecule has 254 valence electrons. The Bertz CT molecular complexity index is 1630. The van der Waals surface area contributed by atoms with Gasteiger partial charge in [0.2, 0.25) is 0 Å². The first-order valence-electron chi connectivity index (χ1n) is 16.8. The van der Waals surface area contributed by atoms with E-state index in [2.05, 4.69) is 36.7 Å². The summed E-state index contributed by atoms with van der Waals surface area (Å²) in [6, 6.07) is 7.34. The number of aliphatic carboxylic acids is 1. The number of carbonyl (C=O) groups excluding carboxylic acids is 1. The Hall–Kier alpha value is -3.89. The highest BCUT2D eigenvalue weighted by atomic mass is 32.2. The molecule has 1 saturated carbocycles. The van der Waals surface area contributed by atoms with Crippen LogP contribution in [0.5, 0.6) is 0 Å². The van der Waals surface area contributed by atoms with Crippen LogP contribution in [0.1, 0.15) is 101 Å². The zero-order chi connectivity index (χ0) is 33.7. The molecule has 0 radical (unpaired) electrons. The third-order valence-electron chi connectivity index (χ3n) is 9.77. The van der Waals surface area contributed by atoms with Crippen LogP contribution in [0.3, 0.4) is 0 Å². The number of benzene rings is 1. The zero-order valence-corrected chi connectivity index (χ0v) is 28.2. The summed E-state index contributed by atoms with van der Waals surface area (Å²) in [7, 11) is 0. The first-order valence-corrected chi connectivity index (χ1v) is 18.0. The summed E-state index contributed by atoms with van der Waals surface area (Å²) in [6.45, 7) is 7.53. The van der Waals surface area contributed by atoms with Gasteiger partial charge in [0.1, 0.15) is 17.7 Å². The molecular weight excluding hydrogens is 620 g/mol.